The van der Waals surface area contributed by atoms with Crippen molar-refractivity contribution in [2.45, 2.75) is 123 Å². The minimum Gasteiger partial charge on any atom is -0.497 e. The maximum absolute atomic E-state index is 14.8. The Morgan fingerprint density at radius 1 is 1.07 bits per heavy atom. The van der Waals surface area contributed by atoms with Crippen molar-refractivity contribution in [3.05, 3.63) is 42.3 Å². The molecular formula is C42H59N6O9PS. The number of ether oxygens (including phenoxy) is 3. The second-order valence-corrected chi connectivity index (χ2v) is 19.9. The van der Waals surface area contributed by atoms with Crippen LogP contribution in [-0.4, -0.2) is 95.3 Å². The van der Waals surface area contributed by atoms with E-state index in [-0.39, 0.29) is 44.2 Å². The van der Waals surface area contributed by atoms with Crippen LogP contribution in [0, 0.1) is 11.3 Å². The Balaban J connectivity index is 1.36. The first kappa shape index (κ1) is 44.3. The van der Waals surface area contributed by atoms with Crippen molar-refractivity contribution < 1.29 is 42.2 Å². The van der Waals surface area contributed by atoms with Crippen LogP contribution in [0.5, 0.6) is 11.5 Å². The highest BCUT2D eigenvalue weighted by atomic mass is 32.1. The van der Waals surface area contributed by atoms with E-state index in [0.29, 0.717) is 40.2 Å². The first-order valence-electron chi connectivity index (χ1n) is 20.5. The van der Waals surface area contributed by atoms with Crippen molar-refractivity contribution in [3.63, 3.8) is 0 Å². The SMILES string of the molecule is C=C[C@@H]1C[C@]1(NC(=O)[C@@H]1C[C@@H](Oc2cc(-c3csc(NC(C)C)n3)nc3cc(OC)ccc23)CN1C(=O)[C@@H](NC(=O)OC1CCCC1)C(C)(C)C)P(=O)(OCC)OCC. The minimum absolute atomic E-state index is 0.00375. The highest BCUT2D eigenvalue weighted by Crippen LogP contribution is 2.72. The molecule has 59 heavy (non-hydrogen) atoms. The summed E-state index contributed by atoms with van der Waals surface area (Å²) < 4.78 is 43.9. The summed E-state index contributed by atoms with van der Waals surface area (Å²) in [6, 6.07) is 5.35. The van der Waals surface area contributed by atoms with Gasteiger partial charge in [0.1, 0.15) is 46.8 Å². The third kappa shape index (κ3) is 9.71. The minimum atomic E-state index is -3.88. The Bertz CT molecular complexity index is 2060. The normalized spacial score (nSPS) is 22.6. The first-order valence-corrected chi connectivity index (χ1v) is 23.0. The van der Waals surface area contributed by atoms with Crippen molar-refractivity contribution >= 4 is 52.9 Å². The van der Waals surface area contributed by atoms with Gasteiger partial charge in [-0.05, 0) is 77.3 Å². The molecule has 6 rings (SSSR count). The van der Waals surface area contributed by atoms with Crippen molar-refractivity contribution in [3.8, 4) is 22.9 Å². The maximum Gasteiger partial charge on any atom is 0.408 e. The molecule has 3 aliphatic rings. The molecule has 15 nitrogen and oxygen atoms in total. The van der Waals surface area contributed by atoms with Gasteiger partial charge in [0.05, 0.1) is 38.1 Å². The van der Waals surface area contributed by atoms with Crippen LogP contribution in [0.15, 0.2) is 42.3 Å². The number of nitrogens with one attached hydrogen (secondary N) is 3. The second-order valence-electron chi connectivity index (χ2n) is 16.8. The standard InChI is InChI=1S/C42H59N6O9PS/c1-10-26-22-42(26,58(52,54-11-2)55-12-3)47-37(49)34-20-29(23-48(34)38(50)36(41(6,7)8)46-40(51)57-27-15-13-14-16-27)56-35-21-32(33-24-59-39(45-33)43-25(4)5)44-31-19-28(53-9)17-18-30(31)35/h10,17-19,21,24-27,29,34,36H,1,11-16,20,22-23H2,2-9H3,(H,43,45)(H,46,51)(H,47,49)/t26-,29-,34+,36-,42+/m1/s1. The Morgan fingerprint density at radius 3 is 2.39 bits per heavy atom. The van der Waals surface area contributed by atoms with Crippen LogP contribution in [0.3, 0.4) is 0 Å². The van der Waals surface area contributed by atoms with E-state index in [9.17, 15) is 18.9 Å². The van der Waals surface area contributed by atoms with Gasteiger partial charge in [0.2, 0.25) is 11.8 Å². The molecule has 17 heteroatoms. The fraction of sp³-hybridized carbons (Fsp3) is 0.595. The molecule has 0 bridgehead atoms. The smallest absolute Gasteiger partial charge is 0.408 e. The molecule has 5 atom stereocenters. The van der Waals surface area contributed by atoms with E-state index in [1.807, 2.05) is 64.3 Å². The number of carbonyl (C=O) groups excluding carboxylic acids is 3. The number of nitrogens with zero attached hydrogens (tertiary/aromatic N) is 3. The number of hydrogen-bond acceptors (Lipinski definition) is 13. The lowest BCUT2D eigenvalue weighted by Crippen LogP contribution is -2.58. The van der Waals surface area contributed by atoms with Crippen molar-refractivity contribution in [2.24, 2.45) is 11.3 Å². The van der Waals surface area contributed by atoms with Crippen LogP contribution < -0.4 is 25.4 Å². The topological polar surface area (TPSA) is 180 Å². The summed E-state index contributed by atoms with van der Waals surface area (Å²) in [5, 5.41) is 11.2. The number of fused-ring (bicyclic) bond motifs is 1. The van der Waals surface area contributed by atoms with Crippen molar-refractivity contribution in [1.82, 2.24) is 25.5 Å². The summed E-state index contributed by atoms with van der Waals surface area (Å²) in [7, 11) is -2.30. The van der Waals surface area contributed by atoms with Crippen molar-refractivity contribution in [2.75, 3.05) is 32.2 Å². The number of amides is 3. The maximum atomic E-state index is 14.8. The van der Waals surface area contributed by atoms with E-state index in [1.54, 1.807) is 27.0 Å². The number of methoxy groups -OCH3 is 1. The molecule has 322 valence electrons. The van der Waals surface area contributed by atoms with Gasteiger partial charge in [-0.2, -0.15) is 0 Å². The number of thiazole rings is 1. The summed E-state index contributed by atoms with van der Waals surface area (Å²) in [5.41, 5.74) is 1.05. The number of rotatable bonds is 17. The zero-order chi connectivity index (χ0) is 42.7. The van der Waals surface area contributed by atoms with Gasteiger partial charge in [-0.15, -0.1) is 17.9 Å². The van der Waals surface area contributed by atoms with E-state index < -0.39 is 54.4 Å². The zero-order valence-electron chi connectivity index (χ0n) is 35.4. The molecule has 0 spiro atoms. The van der Waals surface area contributed by atoms with Gasteiger partial charge in [0, 0.05) is 41.3 Å². The fourth-order valence-electron chi connectivity index (χ4n) is 7.90. The number of hydrogen-bond donors (Lipinski definition) is 3. The number of pyridine rings is 1. The average molecular weight is 855 g/mol. The predicted octanol–water partition coefficient (Wildman–Crippen LogP) is 7.90. The molecule has 3 amide bonds. The van der Waals surface area contributed by atoms with Gasteiger partial charge in [-0.1, -0.05) is 26.8 Å². The van der Waals surface area contributed by atoms with Gasteiger partial charge < -0.3 is 44.1 Å². The third-order valence-electron chi connectivity index (χ3n) is 10.9. The third-order valence-corrected chi connectivity index (χ3v) is 14.5. The summed E-state index contributed by atoms with van der Waals surface area (Å²) in [4.78, 5) is 53.9. The number of carbonyl (C=O) groups is 3. The Labute approximate surface area is 350 Å². The number of likely N-dealkylation sites (tertiary alicyclic amines) is 1. The van der Waals surface area contributed by atoms with E-state index in [2.05, 4.69) is 22.5 Å². The lowest BCUT2D eigenvalue weighted by Gasteiger charge is -2.36. The molecule has 2 aliphatic carbocycles. The molecule has 3 N–H and O–H groups in total. The van der Waals surface area contributed by atoms with Gasteiger partial charge in [-0.3, -0.25) is 14.2 Å². The van der Waals surface area contributed by atoms with Gasteiger partial charge in [0.25, 0.3) is 0 Å². The molecule has 2 aromatic heterocycles. The van der Waals surface area contributed by atoms with Crippen LogP contribution in [0.4, 0.5) is 9.93 Å². The zero-order valence-corrected chi connectivity index (χ0v) is 37.1. The Kier molecular flexibility index (Phi) is 13.6. The van der Waals surface area contributed by atoms with Gasteiger partial charge in [0.15, 0.2) is 5.13 Å². The molecule has 1 aliphatic heterocycles. The number of benzene rings is 1. The molecule has 2 saturated carbocycles. The lowest BCUT2D eigenvalue weighted by atomic mass is 9.85. The van der Waals surface area contributed by atoms with Crippen LogP contribution in [-0.2, 0) is 27.9 Å². The first-order chi connectivity index (χ1) is 28.0. The summed E-state index contributed by atoms with van der Waals surface area (Å²) in [6.45, 7) is 17.2. The van der Waals surface area contributed by atoms with E-state index in [4.69, 9.17) is 33.2 Å². The van der Waals surface area contributed by atoms with Gasteiger partial charge >= 0.3 is 13.7 Å². The molecule has 3 heterocycles. The Morgan fingerprint density at radius 2 is 1.78 bits per heavy atom. The van der Waals surface area contributed by atoms with Crippen molar-refractivity contribution in [1.29, 1.82) is 0 Å². The summed E-state index contributed by atoms with van der Waals surface area (Å²) in [6.07, 6.45) is 3.91. The molecule has 3 fully saturated rings. The highest BCUT2D eigenvalue weighted by Gasteiger charge is 2.68. The summed E-state index contributed by atoms with van der Waals surface area (Å²) in [5.74, 6) is -0.327. The summed E-state index contributed by atoms with van der Waals surface area (Å²) >= 11 is 1.47. The van der Waals surface area contributed by atoms with E-state index in [1.165, 1.54) is 16.2 Å². The molecule has 0 radical (unpaired) electrons. The molecular weight excluding hydrogens is 796 g/mol. The largest absolute Gasteiger partial charge is 0.497 e. The lowest BCUT2D eigenvalue weighted by molar-refractivity contribution is -0.142. The number of anilines is 1. The number of aromatic nitrogens is 2. The highest BCUT2D eigenvalue weighted by molar-refractivity contribution is 7.56. The van der Waals surface area contributed by atoms with Gasteiger partial charge in [-0.25, -0.2) is 14.8 Å². The molecule has 1 aromatic carbocycles. The van der Waals surface area contributed by atoms with Crippen LogP contribution in [0.1, 0.15) is 87.0 Å². The molecule has 1 saturated heterocycles. The number of alkyl carbamates (subject to hydrolysis) is 1. The molecule has 3 aromatic rings. The molecule has 0 unspecified atom stereocenters. The quantitative estimate of drug-likeness (QED) is 0.0884. The van der Waals surface area contributed by atoms with Crippen LogP contribution in [0.2, 0.25) is 0 Å². The monoisotopic (exact) mass is 854 g/mol. The fourth-order valence-corrected chi connectivity index (χ4v) is 11.1. The van der Waals surface area contributed by atoms with E-state index >= 15 is 0 Å². The van der Waals surface area contributed by atoms with E-state index in [0.717, 1.165) is 30.8 Å². The average Bonchev–Trinajstić information content (AvgIpc) is 3.58. The Hall–Kier alpha value is -4.24. The second kappa shape index (κ2) is 18.2. The van der Waals surface area contributed by atoms with Crippen LogP contribution >= 0.6 is 18.9 Å². The van der Waals surface area contributed by atoms with Crippen LogP contribution in [0.25, 0.3) is 22.3 Å². The predicted molar refractivity (Wildman–Crippen MR) is 228 cm³/mol.